The summed E-state index contributed by atoms with van der Waals surface area (Å²) in [7, 11) is 0. The van der Waals surface area contributed by atoms with Gasteiger partial charge in [-0.3, -0.25) is 0 Å². The van der Waals surface area contributed by atoms with Crippen LogP contribution < -0.4 is 9.84 Å². The summed E-state index contributed by atoms with van der Waals surface area (Å²) in [4.78, 5) is 10.3. The molecule has 0 aliphatic heterocycles. The molecule has 244 valence electrons. The molecule has 0 aliphatic carbocycles. The zero-order chi connectivity index (χ0) is 34.0. The van der Waals surface area contributed by atoms with Gasteiger partial charge >= 0.3 is 59.5 Å². The highest BCUT2D eigenvalue weighted by Gasteiger charge is 2.97. The molecule has 1 rings (SSSR count). The molecule has 1 aromatic carbocycles. The smallest absolute Gasteiger partial charge is 0.460 e. The third-order valence-electron chi connectivity index (χ3n) is 5.06. The van der Waals surface area contributed by atoms with Crippen LogP contribution in [0.3, 0.4) is 0 Å². The van der Waals surface area contributed by atoms with Crippen LogP contribution >= 0.6 is 0 Å². The van der Waals surface area contributed by atoms with E-state index in [1.54, 1.807) is 0 Å². The van der Waals surface area contributed by atoms with Gasteiger partial charge in [0.15, 0.2) is 0 Å². The van der Waals surface area contributed by atoms with Gasteiger partial charge < -0.3 is 14.6 Å². The van der Waals surface area contributed by atoms with Gasteiger partial charge in [-0.25, -0.2) is 0 Å². The first-order chi connectivity index (χ1) is 18.1. The third kappa shape index (κ3) is 4.90. The third-order valence-corrected chi connectivity index (χ3v) is 5.06. The van der Waals surface area contributed by atoms with E-state index in [1.807, 2.05) is 0 Å². The average molecular weight is 669 g/mol. The minimum atomic E-state index is -9.25. The Hall–Kier alpha value is -2.98. The highest BCUT2D eigenvalue weighted by atomic mass is 19.4. The highest BCUT2D eigenvalue weighted by Crippen LogP contribution is 2.67. The summed E-state index contributed by atoms with van der Waals surface area (Å²) < 4.78 is 286. The first kappa shape index (κ1) is 37.0. The Balaban J connectivity index is 3.78. The fourth-order valence-corrected chi connectivity index (χ4v) is 2.66. The molecule has 0 radical (unpaired) electrons. The number of hydrogen-bond donors (Lipinski definition) is 0. The van der Waals surface area contributed by atoms with E-state index < -0.39 is 95.5 Å². The van der Waals surface area contributed by atoms with Gasteiger partial charge in [-0.2, -0.15) is 92.2 Å². The van der Waals surface area contributed by atoms with Crippen molar-refractivity contribution in [3.05, 3.63) is 29.8 Å². The van der Waals surface area contributed by atoms with Crippen molar-refractivity contribution in [2.75, 3.05) is 6.61 Å². The van der Waals surface area contributed by atoms with Gasteiger partial charge in [0, 0.05) is 5.56 Å². The molecule has 3 nitrogen and oxygen atoms in total. The van der Waals surface area contributed by atoms with Crippen LogP contribution in [-0.2, 0) is 10.7 Å². The molecule has 0 saturated carbocycles. The van der Waals surface area contributed by atoms with Crippen LogP contribution in [0.1, 0.15) is 5.56 Å². The topological polar surface area (TPSA) is 49.4 Å². The SMILES string of the molecule is O=C([O-])COc1cccc(C(F)(F)C(F)(F)C(F)(F)C(F)(F)C(F)(F)C(F)(F)C(F)(F)C(F)(F)C(F)(F)C(F)(F)F)c1. The quantitative estimate of drug-likeness (QED) is 0.238. The number of carbonyl (C=O) groups is 1. The lowest BCUT2D eigenvalue weighted by atomic mass is 9.85. The minimum Gasteiger partial charge on any atom is -0.546 e. The molecule has 0 bridgehead atoms. The Morgan fingerprint density at radius 3 is 1.21 bits per heavy atom. The number of aliphatic carboxylic acids is 1. The van der Waals surface area contributed by atoms with Gasteiger partial charge in [0.05, 0.1) is 5.97 Å². The Bertz CT molecular complexity index is 1150. The van der Waals surface area contributed by atoms with Crippen LogP contribution in [-0.4, -0.2) is 66.1 Å². The molecule has 0 amide bonds. The number of alkyl halides is 21. The van der Waals surface area contributed by atoms with Gasteiger partial charge in [-0.1, -0.05) is 12.1 Å². The standard InChI is InChI=1S/C18H7F21O3/c19-9(20,6-2-1-3-7(4-6)42-5-8(40)41)10(21,22)11(23,24)12(25,26)13(27,28)14(29,30)15(31,32)16(33,34)17(35,36)18(37,38)39/h1-4H,5H2,(H,40,41)/p-1. The van der Waals surface area contributed by atoms with Gasteiger partial charge in [0.2, 0.25) is 0 Å². The van der Waals surface area contributed by atoms with Gasteiger partial charge in [0.25, 0.3) is 0 Å². The molecular formula is C18H6F21O3-. The van der Waals surface area contributed by atoms with E-state index in [1.165, 1.54) is 0 Å². The molecule has 0 N–H and O–H groups in total. The summed E-state index contributed by atoms with van der Waals surface area (Å²) in [5, 5.41) is 10.3. The summed E-state index contributed by atoms with van der Waals surface area (Å²) in [5.41, 5.74) is -2.68. The monoisotopic (exact) mass is 669 g/mol. The van der Waals surface area contributed by atoms with Crippen molar-refractivity contribution in [1.82, 2.24) is 0 Å². The number of hydrogen-bond acceptors (Lipinski definition) is 3. The summed E-state index contributed by atoms with van der Waals surface area (Å²) in [6, 6.07) is -0.464. The molecule has 0 aliphatic rings. The summed E-state index contributed by atoms with van der Waals surface area (Å²) in [6.07, 6.45) is -8.05. The molecule has 0 saturated heterocycles. The highest BCUT2D eigenvalue weighted by molar-refractivity contribution is 5.66. The van der Waals surface area contributed by atoms with Crippen molar-refractivity contribution < 1.29 is 107 Å². The van der Waals surface area contributed by atoms with Gasteiger partial charge in [-0.05, 0) is 12.1 Å². The molecular weight excluding hydrogens is 663 g/mol. The van der Waals surface area contributed by atoms with Crippen molar-refractivity contribution in [3.8, 4) is 5.75 Å². The van der Waals surface area contributed by atoms with Crippen molar-refractivity contribution in [1.29, 1.82) is 0 Å². The summed E-state index contributed by atoms with van der Waals surface area (Å²) >= 11 is 0. The molecule has 0 heterocycles. The van der Waals surface area contributed by atoms with Crippen LogP contribution in [0.2, 0.25) is 0 Å². The number of ether oxygens (including phenoxy) is 1. The number of carboxylic acids is 1. The second-order valence-corrected chi connectivity index (χ2v) is 7.86. The predicted molar refractivity (Wildman–Crippen MR) is 86.5 cm³/mol. The lowest BCUT2D eigenvalue weighted by Gasteiger charge is -2.44. The fraction of sp³-hybridized carbons (Fsp3) is 0.611. The van der Waals surface area contributed by atoms with Crippen molar-refractivity contribution in [3.63, 3.8) is 0 Å². The minimum absolute atomic E-state index is 0.104. The number of halogens is 21. The van der Waals surface area contributed by atoms with Crippen molar-refractivity contribution in [2.45, 2.75) is 59.5 Å². The van der Waals surface area contributed by atoms with Crippen LogP contribution in [0.15, 0.2) is 24.3 Å². The van der Waals surface area contributed by atoms with E-state index in [9.17, 15) is 102 Å². The Labute approximate surface area is 215 Å². The van der Waals surface area contributed by atoms with Crippen LogP contribution in [0, 0.1) is 0 Å². The number of benzene rings is 1. The molecule has 0 spiro atoms. The van der Waals surface area contributed by atoms with E-state index in [-0.39, 0.29) is 6.07 Å². The lowest BCUT2D eigenvalue weighted by Crippen LogP contribution is -2.76. The number of rotatable bonds is 12. The second-order valence-electron chi connectivity index (χ2n) is 7.86. The predicted octanol–water partition coefficient (Wildman–Crippen LogP) is 6.55. The van der Waals surface area contributed by atoms with Crippen molar-refractivity contribution >= 4 is 5.97 Å². The average Bonchev–Trinajstić information content (AvgIpc) is 2.81. The lowest BCUT2D eigenvalue weighted by molar-refractivity contribution is -0.474. The van der Waals surface area contributed by atoms with E-state index in [2.05, 4.69) is 4.74 Å². The molecule has 42 heavy (non-hydrogen) atoms. The second kappa shape index (κ2) is 10.0. The number of carbonyl (C=O) groups excluding carboxylic acids is 1. The largest absolute Gasteiger partial charge is 0.546 e. The summed E-state index contributed by atoms with van der Waals surface area (Å²) in [5.74, 6) is -81.5. The molecule has 1 aromatic rings. The zero-order valence-corrected chi connectivity index (χ0v) is 18.7. The first-order valence-corrected chi connectivity index (χ1v) is 9.54. The molecule has 0 aromatic heterocycles. The maximum Gasteiger partial charge on any atom is 0.460 e. The Morgan fingerprint density at radius 1 is 0.548 bits per heavy atom. The normalized spacial score (nSPS) is 15.5. The van der Waals surface area contributed by atoms with E-state index >= 15 is 0 Å². The maximum absolute atomic E-state index is 14.3. The van der Waals surface area contributed by atoms with Gasteiger partial charge in [-0.15, -0.1) is 0 Å². The zero-order valence-electron chi connectivity index (χ0n) is 18.7. The van der Waals surface area contributed by atoms with E-state index in [0.717, 1.165) is 0 Å². The fourth-order valence-electron chi connectivity index (χ4n) is 2.66. The first-order valence-electron chi connectivity index (χ1n) is 9.54. The van der Waals surface area contributed by atoms with Crippen LogP contribution in [0.4, 0.5) is 92.2 Å². The molecule has 0 unspecified atom stereocenters. The molecule has 24 heteroatoms. The molecule has 0 atom stereocenters. The van der Waals surface area contributed by atoms with Crippen LogP contribution in [0.25, 0.3) is 0 Å². The summed E-state index contributed by atoms with van der Waals surface area (Å²) in [6.45, 7) is -1.59. The molecule has 0 fully saturated rings. The van der Waals surface area contributed by atoms with E-state index in [4.69, 9.17) is 0 Å². The Morgan fingerprint density at radius 2 is 0.881 bits per heavy atom. The van der Waals surface area contributed by atoms with Gasteiger partial charge in [0.1, 0.15) is 12.4 Å². The Kier molecular flexibility index (Phi) is 8.86. The van der Waals surface area contributed by atoms with E-state index in [0.29, 0.717) is 6.07 Å². The van der Waals surface area contributed by atoms with Crippen molar-refractivity contribution in [2.24, 2.45) is 0 Å². The van der Waals surface area contributed by atoms with Crippen LogP contribution in [0.5, 0.6) is 5.75 Å². The number of carboxylic acid groups (broad SMARTS) is 1. The maximum atomic E-state index is 14.3.